The Kier molecular flexibility index (Phi) is 4.73. The van der Waals surface area contributed by atoms with Crippen molar-refractivity contribution >= 4 is 16.6 Å². The van der Waals surface area contributed by atoms with E-state index in [9.17, 15) is 9.32 Å². The largest absolute Gasteiger partial charge is 0.493 e. The molecule has 0 amide bonds. The Morgan fingerprint density at radius 3 is 2.75 bits per heavy atom. The van der Waals surface area contributed by atoms with E-state index in [1.807, 2.05) is 6.92 Å². The van der Waals surface area contributed by atoms with Gasteiger partial charge in [0.2, 0.25) is 5.88 Å². The summed E-state index contributed by atoms with van der Waals surface area (Å²) in [6.07, 6.45) is 1.73. The molecule has 1 aromatic rings. The molecule has 4 nitrogen and oxygen atoms in total. The SMILES string of the molecule is CCCc1nn(CC(C)C)c(O)c1C=S=O. The van der Waals surface area contributed by atoms with Gasteiger partial charge < -0.3 is 5.11 Å². The van der Waals surface area contributed by atoms with Crippen LogP contribution < -0.4 is 0 Å². The third-order valence-electron chi connectivity index (χ3n) is 2.23. The second kappa shape index (κ2) is 5.84. The first kappa shape index (κ1) is 13.0. The molecule has 1 heterocycles. The van der Waals surface area contributed by atoms with E-state index in [-0.39, 0.29) is 5.88 Å². The molecule has 0 aliphatic rings. The van der Waals surface area contributed by atoms with Crippen LogP contribution in [0.2, 0.25) is 0 Å². The Morgan fingerprint density at radius 2 is 2.25 bits per heavy atom. The average molecular weight is 242 g/mol. The third kappa shape index (κ3) is 2.95. The topological polar surface area (TPSA) is 55.1 Å². The van der Waals surface area contributed by atoms with Crippen molar-refractivity contribution in [3.63, 3.8) is 0 Å². The van der Waals surface area contributed by atoms with Crippen LogP contribution in [-0.4, -0.2) is 24.5 Å². The highest BCUT2D eigenvalue weighted by molar-refractivity contribution is 7.65. The lowest BCUT2D eigenvalue weighted by molar-refractivity contribution is 0.371. The molecule has 90 valence electrons. The fraction of sp³-hybridized carbons (Fsp3) is 0.636. The number of hydrogen-bond acceptors (Lipinski definition) is 3. The van der Waals surface area contributed by atoms with E-state index in [1.165, 1.54) is 5.37 Å². The quantitative estimate of drug-likeness (QED) is 0.797. The standard InChI is InChI=1S/C11H18N2O2S/c1-4-5-10-9(7-16-15)11(14)13(12-10)6-8(2)3/h7-8,14H,4-6H2,1-3H3. The van der Waals surface area contributed by atoms with E-state index in [1.54, 1.807) is 4.68 Å². The van der Waals surface area contributed by atoms with E-state index < -0.39 is 0 Å². The van der Waals surface area contributed by atoms with Gasteiger partial charge in [0, 0.05) is 11.9 Å². The second-order valence-electron chi connectivity index (χ2n) is 4.22. The van der Waals surface area contributed by atoms with Gasteiger partial charge in [0.05, 0.1) is 22.5 Å². The summed E-state index contributed by atoms with van der Waals surface area (Å²) >= 11 is 0.353. The zero-order valence-corrected chi connectivity index (χ0v) is 10.8. The number of aryl methyl sites for hydroxylation is 1. The molecule has 0 fully saturated rings. The number of aromatic hydroxyl groups is 1. The number of nitrogens with zero attached hydrogens (tertiary/aromatic N) is 2. The molecule has 0 aromatic carbocycles. The highest BCUT2D eigenvalue weighted by Crippen LogP contribution is 2.21. The molecule has 5 heteroatoms. The molecule has 1 aromatic heterocycles. The minimum atomic E-state index is 0.112. The molecule has 0 bridgehead atoms. The van der Waals surface area contributed by atoms with Crippen LogP contribution in [0.1, 0.15) is 38.4 Å². The van der Waals surface area contributed by atoms with Gasteiger partial charge in [0.1, 0.15) is 0 Å². The van der Waals surface area contributed by atoms with Crippen molar-refractivity contribution in [1.82, 2.24) is 9.78 Å². The summed E-state index contributed by atoms with van der Waals surface area (Å²) in [5.41, 5.74) is 1.39. The highest BCUT2D eigenvalue weighted by Gasteiger charge is 2.15. The first-order valence-corrected chi connectivity index (χ1v) is 6.31. The Bertz CT molecular complexity index is 406. The fourth-order valence-corrected chi connectivity index (χ4v) is 1.92. The minimum Gasteiger partial charge on any atom is -0.493 e. The lowest BCUT2D eigenvalue weighted by Crippen LogP contribution is -2.06. The van der Waals surface area contributed by atoms with E-state index in [0.29, 0.717) is 29.3 Å². The van der Waals surface area contributed by atoms with Crippen molar-refractivity contribution < 1.29 is 9.32 Å². The summed E-state index contributed by atoms with van der Waals surface area (Å²) in [4.78, 5) is 0. The van der Waals surface area contributed by atoms with Gasteiger partial charge in [-0.05, 0) is 12.3 Å². The summed E-state index contributed by atoms with van der Waals surface area (Å²) in [7, 11) is 0. The molecule has 16 heavy (non-hydrogen) atoms. The van der Waals surface area contributed by atoms with Crippen molar-refractivity contribution in [3.8, 4) is 5.88 Å². The summed E-state index contributed by atoms with van der Waals surface area (Å²) in [6.45, 7) is 6.84. The van der Waals surface area contributed by atoms with Crippen LogP contribution in [0.3, 0.4) is 0 Å². The summed E-state index contributed by atoms with van der Waals surface area (Å²) < 4.78 is 12.1. The Morgan fingerprint density at radius 1 is 1.56 bits per heavy atom. The molecule has 0 radical (unpaired) electrons. The van der Waals surface area contributed by atoms with Crippen LogP contribution in [0.25, 0.3) is 0 Å². The van der Waals surface area contributed by atoms with Crippen molar-refractivity contribution in [1.29, 1.82) is 0 Å². The fourth-order valence-electron chi connectivity index (χ4n) is 1.58. The normalized spacial score (nSPS) is 10.8. The third-order valence-corrected chi connectivity index (χ3v) is 2.56. The monoisotopic (exact) mass is 242 g/mol. The van der Waals surface area contributed by atoms with Gasteiger partial charge in [0.15, 0.2) is 0 Å². The summed E-state index contributed by atoms with van der Waals surface area (Å²) in [6, 6.07) is 0. The Hall–Kier alpha value is -1.10. The first-order valence-electron chi connectivity index (χ1n) is 5.50. The van der Waals surface area contributed by atoms with Crippen LogP contribution in [0.15, 0.2) is 0 Å². The Balaban J connectivity index is 3.12. The predicted molar refractivity (Wildman–Crippen MR) is 66.0 cm³/mol. The van der Waals surface area contributed by atoms with Crippen molar-refractivity contribution in [2.45, 2.75) is 40.2 Å². The van der Waals surface area contributed by atoms with Gasteiger partial charge in [-0.1, -0.05) is 27.2 Å². The number of aromatic nitrogens is 2. The number of hydrogen-bond donors (Lipinski definition) is 1. The molecule has 1 rings (SSSR count). The van der Waals surface area contributed by atoms with Crippen molar-refractivity contribution in [2.75, 3.05) is 0 Å². The molecule has 0 aliphatic heterocycles. The molecule has 0 atom stereocenters. The van der Waals surface area contributed by atoms with Crippen LogP contribution in [0.4, 0.5) is 0 Å². The van der Waals surface area contributed by atoms with Gasteiger partial charge in [-0.25, -0.2) is 8.89 Å². The second-order valence-corrected chi connectivity index (χ2v) is 4.65. The average Bonchev–Trinajstić information content (AvgIpc) is 2.47. The lowest BCUT2D eigenvalue weighted by Gasteiger charge is -2.05. The van der Waals surface area contributed by atoms with E-state index in [4.69, 9.17) is 0 Å². The molecule has 0 aliphatic carbocycles. The zero-order valence-electron chi connectivity index (χ0n) is 9.93. The summed E-state index contributed by atoms with van der Waals surface area (Å²) in [5, 5.41) is 15.7. The molecule has 0 unspecified atom stereocenters. The van der Waals surface area contributed by atoms with Crippen LogP contribution in [-0.2, 0) is 24.2 Å². The van der Waals surface area contributed by atoms with Crippen molar-refractivity contribution in [2.24, 2.45) is 5.92 Å². The zero-order chi connectivity index (χ0) is 12.1. The van der Waals surface area contributed by atoms with Crippen LogP contribution in [0, 0.1) is 5.92 Å². The maximum absolute atomic E-state index is 10.6. The van der Waals surface area contributed by atoms with Gasteiger partial charge >= 0.3 is 0 Å². The lowest BCUT2D eigenvalue weighted by atomic mass is 10.2. The molecule has 1 N–H and O–H groups in total. The maximum Gasteiger partial charge on any atom is 0.217 e. The molecule has 0 spiro atoms. The molecule has 0 saturated heterocycles. The molecule has 0 saturated carbocycles. The molecular weight excluding hydrogens is 224 g/mol. The van der Waals surface area contributed by atoms with Gasteiger partial charge in [-0.3, -0.25) is 0 Å². The maximum atomic E-state index is 10.6. The van der Waals surface area contributed by atoms with E-state index in [2.05, 4.69) is 18.9 Å². The molecular formula is C11H18N2O2S. The number of rotatable bonds is 5. The van der Waals surface area contributed by atoms with E-state index in [0.717, 1.165) is 18.5 Å². The Labute approximate surface area is 99.4 Å². The van der Waals surface area contributed by atoms with Gasteiger partial charge in [-0.2, -0.15) is 5.10 Å². The highest BCUT2D eigenvalue weighted by atomic mass is 32.1. The van der Waals surface area contributed by atoms with Gasteiger partial charge in [-0.15, -0.1) is 0 Å². The van der Waals surface area contributed by atoms with E-state index >= 15 is 0 Å². The minimum absolute atomic E-state index is 0.112. The summed E-state index contributed by atoms with van der Waals surface area (Å²) in [5.74, 6) is 0.522. The van der Waals surface area contributed by atoms with Crippen molar-refractivity contribution in [3.05, 3.63) is 11.3 Å². The van der Waals surface area contributed by atoms with Gasteiger partial charge in [0.25, 0.3) is 0 Å². The first-order chi connectivity index (χ1) is 7.60. The van der Waals surface area contributed by atoms with Crippen LogP contribution in [0.5, 0.6) is 5.88 Å². The predicted octanol–water partition coefficient (Wildman–Crippen LogP) is 1.56. The van der Waals surface area contributed by atoms with Crippen LogP contribution >= 0.6 is 0 Å². The smallest absolute Gasteiger partial charge is 0.217 e.